The highest BCUT2D eigenvalue weighted by molar-refractivity contribution is 6.10. The molecule has 0 unspecified atom stereocenters. The average molecular weight is 303 g/mol. The number of hydrogen-bond acceptors (Lipinski definition) is 2. The van der Waals surface area contributed by atoms with Crippen molar-refractivity contribution in [2.75, 3.05) is 12.0 Å². The predicted octanol–water partition coefficient (Wildman–Crippen LogP) is 3.94. The number of anilines is 1. The van der Waals surface area contributed by atoms with Crippen LogP contribution in [0.3, 0.4) is 0 Å². The van der Waals surface area contributed by atoms with Crippen LogP contribution >= 0.6 is 0 Å². The van der Waals surface area contributed by atoms with E-state index in [9.17, 15) is 4.79 Å². The third-order valence-corrected chi connectivity index (χ3v) is 4.47. The number of fused-ring (bicyclic) bond motifs is 1. The number of methoxy groups -OCH3 is 1. The minimum Gasteiger partial charge on any atom is -0.369 e. The molecule has 3 nitrogen and oxygen atoms in total. The third kappa shape index (κ3) is 2.13. The number of carbonyl (C=O) groups is 1. The van der Waals surface area contributed by atoms with Gasteiger partial charge in [-0.1, -0.05) is 66.7 Å². The highest BCUT2D eigenvalue weighted by Gasteiger charge is 2.49. The fraction of sp³-hybridized carbons (Fsp3) is 0.150. The zero-order chi connectivity index (χ0) is 15.8. The van der Waals surface area contributed by atoms with Gasteiger partial charge in [0, 0.05) is 12.5 Å². The molecule has 3 aromatic carbocycles. The summed E-state index contributed by atoms with van der Waals surface area (Å²) in [5, 5.41) is 2.21. The molecule has 1 amide bonds. The lowest BCUT2D eigenvalue weighted by molar-refractivity contribution is -0.139. The van der Waals surface area contributed by atoms with Gasteiger partial charge in [-0.2, -0.15) is 0 Å². The molecule has 0 aliphatic carbocycles. The lowest BCUT2D eigenvalue weighted by Crippen LogP contribution is -2.60. The molecule has 0 aromatic heterocycles. The molecule has 0 saturated carbocycles. The number of rotatable bonds is 3. The van der Waals surface area contributed by atoms with E-state index in [4.69, 9.17) is 4.74 Å². The smallest absolute Gasteiger partial charge is 0.259 e. The SMILES string of the molecule is CO[C@@H]1C(=O)N(c2cccc3ccccc23)[C@@H]1c1ccccc1. The lowest BCUT2D eigenvalue weighted by Gasteiger charge is -2.46. The summed E-state index contributed by atoms with van der Waals surface area (Å²) >= 11 is 0. The second kappa shape index (κ2) is 5.52. The maximum absolute atomic E-state index is 12.6. The molecule has 4 rings (SSSR count). The van der Waals surface area contributed by atoms with Crippen LogP contribution in [0.25, 0.3) is 10.8 Å². The molecule has 3 aromatic rings. The van der Waals surface area contributed by atoms with E-state index in [2.05, 4.69) is 18.2 Å². The molecule has 0 spiro atoms. The fourth-order valence-electron chi connectivity index (χ4n) is 3.35. The van der Waals surface area contributed by atoms with Crippen molar-refractivity contribution >= 4 is 22.4 Å². The number of ether oxygens (including phenoxy) is 1. The van der Waals surface area contributed by atoms with Crippen molar-refractivity contribution in [3.05, 3.63) is 78.4 Å². The van der Waals surface area contributed by atoms with Gasteiger partial charge in [0.25, 0.3) is 5.91 Å². The molecule has 1 aliphatic rings. The van der Waals surface area contributed by atoms with Crippen LogP contribution in [-0.2, 0) is 9.53 Å². The zero-order valence-electron chi connectivity index (χ0n) is 12.8. The molecule has 0 bridgehead atoms. The molecule has 1 fully saturated rings. The summed E-state index contributed by atoms with van der Waals surface area (Å²) < 4.78 is 5.44. The topological polar surface area (TPSA) is 29.5 Å². The first-order chi connectivity index (χ1) is 11.3. The first-order valence-electron chi connectivity index (χ1n) is 7.70. The summed E-state index contributed by atoms with van der Waals surface area (Å²) in [5.41, 5.74) is 2.03. The Kier molecular flexibility index (Phi) is 3.36. The van der Waals surface area contributed by atoms with E-state index in [0.717, 1.165) is 22.0 Å². The van der Waals surface area contributed by atoms with Crippen LogP contribution in [0.15, 0.2) is 72.8 Å². The first-order valence-corrected chi connectivity index (χ1v) is 7.70. The van der Waals surface area contributed by atoms with Gasteiger partial charge in [0.1, 0.15) is 0 Å². The van der Waals surface area contributed by atoms with E-state index in [1.165, 1.54) is 0 Å². The number of benzene rings is 3. The van der Waals surface area contributed by atoms with Crippen LogP contribution in [-0.4, -0.2) is 19.1 Å². The van der Waals surface area contributed by atoms with E-state index in [-0.39, 0.29) is 11.9 Å². The second-order valence-corrected chi connectivity index (χ2v) is 5.72. The van der Waals surface area contributed by atoms with Crippen molar-refractivity contribution < 1.29 is 9.53 Å². The minimum atomic E-state index is -0.420. The Bertz CT molecular complexity index is 854. The Balaban J connectivity index is 1.84. The molecular formula is C20H17NO2. The number of β-lactam (4-membered cyclic amide) rings is 1. The molecule has 2 atom stereocenters. The van der Waals surface area contributed by atoms with E-state index in [0.29, 0.717) is 0 Å². The van der Waals surface area contributed by atoms with Crippen LogP contribution in [0.2, 0.25) is 0 Å². The van der Waals surface area contributed by atoms with Gasteiger partial charge >= 0.3 is 0 Å². The lowest BCUT2D eigenvalue weighted by atomic mass is 9.89. The van der Waals surface area contributed by atoms with E-state index in [1.807, 2.05) is 59.5 Å². The number of carbonyl (C=O) groups excluding carboxylic acids is 1. The standard InChI is InChI=1S/C20H17NO2/c1-23-19-18(15-9-3-2-4-10-15)21(20(19)22)17-13-7-11-14-8-5-6-12-16(14)17/h2-13,18-19H,1H3/t18-,19+/m1/s1. The van der Waals surface area contributed by atoms with Gasteiger partial charge in [0.2, 0.25) is 0 Å². The quantitative estimate of drug-likeness (QED) is 0.686. The summed E-state index contributed by atoms with van der Waals surface area (Å²) in [4.78, 5) is 14.5. The third-order valence-electron chi connectivity index (χ3n) is 4.47. The Morgan fingerprint density at radius 3 is 2.35 bits per heavy atom. The molecule has 1 aliphatic heterocycles. The van der Waals surface area contributed by atoms with Crippen molar-refractivity contribution in [3.8, 4) is 0 Å². The van der Waals surface area contributed by atoms with E-state index >= 15 is 0 Å². The Hall–Kier alpha value is -2.65. The summed E-state index contributed by atoms with van der Waals surface area (Å²) in [5.74, 6) is 0.0118. The highest BCUT2D eigenvalue weighted by atomic mass is 16.5. The van der Waals surface area contributed by atoms with Gasteiger partial charge in [-0.05, 0) is 17.0 Å². The normalized spacial score (nSPS) is 20.6. The maximum atomic E-state index is 12.6. The first kappa shape index (κ1) is 14.0. The molecule has 0 N–H and O–H groups in total. The van der Waals surface area contributed by atoms with E-state index < -0.39 is 6.10 Å². The molecule has 1 saturated heterocycles. The van der Waals surface area contributed by atoms with Gasteiger partial charge in [0.15, 0.2) is 6.10 Å². The molecule has 0 radical (unpaired) electrons. The molecule has 114 valence electrons. The Labute approximate surface area is 135 Å². The van der Waals surface area contributed by atoms with Crippen LogP contribution in [0.4, 0.5) is 5.69 Å². The largest absolute Gasteiger partial charge is 0.369 e. The summed E-state index contributed by atoms with van der Waals surface area (Å²) in [6.07, 6.45) is -0.420. The predicted molar refractivity (Wildman–Crippen MR) is 91.4 cm³/mol. The summed E-state index contributed by atoms with van der Waals surface area (Å²) in [7, 11) is 1.60. The van der Waals surface area contributed by atoms with Crippen molar-refractivity contribution in [2.45, 2.75) is 12.1 Å². The van der Waals surface area contributed by atoms with E-state index in [1.54, 1.807) is 7.11 Å². The van der Waals surface area contributed by atoms with Crippen LogP contribution < -0.4 is 4.90 Å². The molecule has 1 heterocycles. The number of nitrogens with zero attached hydrogens (tertiary/aromatic N) is 1. The highest BCUT2D eigenvalue weighted by Crippen LogP contribution is 2.43. The van der Waals surface area contributed by atoms with Crippen molar-refractivity contribution in [1.29, 1.82) is 0 Å². The monoisotopic (exact) mass is 303 g/mol. The zero-order valence-corrected chi connectivity index (χ0v) is 12.8. The van der Waals surface area contributed by atoms with Crippen molar-refractivity contribution in [2.24, 2.45) is 0 Å². The molecular weight excluding hydrogens is 286 g/mol. The van der Waals surface area contributed by atoms with Gasteiger partial charge < -0.3 is 4.74 Å². The van der Waals surface area contributed by atoms with Crippen LogP contribution in [0.5, 0.6) is 0 Å². The van der Waals surface area contributed by atoms with Gasteiger partial charge in [0.05, 0.1) is 11.7 Å². The Morgan fingerprint density at radius 2 is 1.57 bits per heavy atom. The van der Waals surface area contributed by atoms with Gasteiger partial charge in [-0.15, -0.1) is 0 Å². The number of hydrogen-bond donors (Lipinski definition) is 0. The minimum absolute atomic E-state index is 0.0118. The summed E-state index contributed by atoms with van der Waals surface area (Å²) in [6, 6.07) is 24.2. The average Bonchev–Trinajstić information content (AvgIpc) is 2.61. The van der Waals surface area contributed by atoms with Crippen LogP contribution in [0.1, 0.15) is 11.6 Å². The van der Waals surface area contributed by atoms with Gasteiger partial charge in [-0.25, -0.2) is 0 Å². The van der Waals surface area contributed by atoms with Crippen LogP contribution in [0, 0.1) is 0 Å². The second-order valence-electron chi connectivity index (χ2n) is 5.72. The Morgan fingerprint density at radius 1 is 0.870 bits per heavy atom. The number of amides is 1. The maximum Gasteiger partial charge on any atom is 0.259 e. The molecule has 3 heteroatoms. The molecule has 23 heavy (non-hydrogen) atoms. The van der Waals surface area contributed by atoms with Crippen molar-refractivity contribution in [3.63, 3.8) is 0 Å². The fourth-order valence-corrected chi connectivity index (χ4v) is 3.35. The summed E-state index contributed by atoms with van der Waals surface area (Å²) in [6.45, 7) is 0. The van der Waals surface area contributed by atoms with Crippen molar-refractivity contribution in [1.82, 2.24) is 0 Å². The van der Waals surface area contributed by atoms with Gasteiger partial charge in [-0.3, -0.25) is 9.69 Å².